The molecule has 0 amide bonds. The van der Waals surface area contributed by atoms with E-state index >= 15 is 0 Å². The van der Waals surface area contributed by atoms with Gasteiger partial charge in [-0.1, -0.05) is 19.0 Å². The van der Waals surface area contributed by atoms with Crippen LogP contribution in [-0.4, -0.2) is 33.1 Å². The van der Waals surface area contributed by atoms with Gasteiger partial charge in [0.2, 0.25) is 5.89 Å². The Bertz CT molecular complexity index is 339. The van der Waals surface area contributed by atoms with E-state index in [4.69, 9.17) is 10.3 Å². The van der Waals surface area contributed by atoms with Crippen molar-refractivity contribution in [3.8, 4) is 0 Å². The van der Waals surface area contributed by atoms with E-state index in [0.717, 1.165) is 11.5 Å². The number of rotatable bonds is 7. The molecule has 0 saturated heterocycles. The molecule has 0 spiro atoms. The Morgan fingerprint density at radius 3 is 2.82 bits per heavy atom. The molecule has 17 heavy (non-hydrogen) atoms. The third-order valence-electron chi connectivity index (χ3n) is 2.16. The van der Waals surface area contributed by atoms with E-state index in [-0.39, 0.29) is 6.54 Å². The molecule has 1 aromatic rings. The van der Waals surface area contributed by atoms with Crippen molar-refractivity contribution >= 4 is 11.8 Å². The van der Waals surface area contributed by atoms with Crippen LogP contribution in [0.3, 0.4) is 0 Å². The van der Waals surface area contributed by atoms with E-state index in [1.54, 1.807) is 18.7 Å². The topological polar surface area (TPSA) is 85.2 Å². The highest BCUT2D eigenvalue weighted by atomic mass is 32.2. The van der Waals surface area contributed by atoms with E-state index in [1.165, 1.54) is 0 Å². The highest BCUT2D eigenvalue weighted by Gasteiger charge is 2.22. The fourth-order valence-corrected chi connectivity index (χ4v) is 2.09. The van der Waals surface area contributed by atoms with Crippen LogP contribution in [0, 0.1) is 5.92 Å². The summed E-state index contributed by atoms with van der Waals surface area (Å²) in [6.45, 7) is 6.18. The van der Waals surface area contributed by atoms with Crippen LogP contribution >= 0.6 is 11.8 Å². The fourth-order valence-electron chi connectivity index (χ4n) is 1.20. The monoisotopic (exact) mass is 259 g/mol. The van der Waals surface area contributed by atoms with Crippen molar-refractivity contribution in [3.63, 3.8) is 0 Å². The predicted octanol–water partition coefficient (Wildman–Crippen LogP) is 1.21. The number of aromatic nitrogens is 2. The lowest BCUT2D eigenvalue weighted by Crippen LogP contribution is -2.36. The summed E-state index contributed by atoms with van der Waals surface area (Å²) in [5.41, 5.74) is 4.45. The van der Waals surface area contributed by atoms with Gasteiger partial charge in [-0.05, 0) is 18.6 Å². The smallest absolute Gasteiger partial charge is 0.229 e. The van der Waals surface area contributed by atoms with Gasteiger partial charge in [-0.25, -0.2) is 0 Å². The highest BCUT2D eigenvalue weighted by Crippen LogP contribution is 2.15. The molecule has 0 aromatic carbocycles. The number of nitrogens with zero attached hydrogens (tertiary/aromatic N) is 2. The first-order valence-corrected chi connectivity index (χ1v) is 6.90. The van der Waals surface area contributed by atoms with Crippen LogP contribution in [0.4, 0.5) is 0 Å². The lowest BCUT2D eigenvalue weighted by atomic mass is 10.0. The van der Waals surface area contributed by atoms with Gasteiger partial charge in [0.15, 0.2) is 5.82 Å². The Hall–Kier alpha value is -0.590. The van der Waals surface area contributed by atoms with Crippen LogP contribution in [0.5, 0.6) is 0 Å². The molecule has 1 aromatic heterocycles. The molecule has 0 radical (unpaired) electrons. The van der Waals surface area contributed by atoms with Crippen LogP contribution in [0.25, 0.3) is 0 Å². The zero-order valence-corrected chi connectivity index (χ0v) is 11.5. The van der Waals surface area contributed by atoms with E-state index in [9.17, 15) is 5.11 Å². The molecule has 0 saturated carbocycles. The summed E-state index contributed by atoms with van der Waals surface area (Å²) < 4.78 is 5.07. The van der Waals surface area contributed by atoms with Crippen LogP contribution in [0.2, 0.25) is 0 Å². The van der Waals surface area contributed by atoms with E-state index in [0.29, 0.717) is 24.1 Å². The first kappa shape index (κ1) is 14.5. The zero-order valence-electron chi connectivity index (χ0n) is 10.6. The van der Waals surface area contributed by atoms with Gasteiger partial charge in [0, 0.05) is 6.54 Å². The predicted molar refractivity (Wildman–Crippen MR) is 68.7 cm³/mol. The normalized spacial score (nSPS) is 15.2. The average molecular weight is 259 g/mol. The third kappa shape index (κ3) is 5.52. The van der Waals surface area contributed by atoms with Gasteiger partial charge in [0.25, 0.3) is 0 Å². The standard InChI is InChI=1S/C11H21N3O2S/c1-8(2)5-17-6-9-13-10(16-14-9)4-11(3,15)7-12/h8,15H,4-7,12H2,1-3H3. The van der Waals surface area contributed by atoms with Crippen LogP contribution in [0.1, 0.15) is 32.5 Å². The van der Waals surface area contributed by atoms with Crippen molar-refractivity contribution in [2.24, 2.45) is 11.7 Å². The SMILES string of the molecule is CC(C)CSCc1noc(CC(C)(O)CN)n1. The number of aliphatic hydroxyl groups is 1. The second-order valence-electron chi connectivity index (χ2n) is 4.89. The van der Waals surface area contributed by atoms with Crippen molar-refractivity contribution in [2.45, 2.75) is 38.5 Å². The number of nitrogens with two attached hydrogens (primary N) is 1. The zero-order chi connectivity index (χ0) is 12.9. The summed E-state index contributed by atoms with van der Waals surface area (Å²) in [5.74, 6) is 3.60. The maximum absolute atomic E-state index is 9.78. The molecule has 0 aliphatic rings. The Kier molecular flexibility index (Phi) is 5.42. The second kappa shape index (κ2) is 6.37. The fraction of sp³-hybridized carbons (Fsp3) is 0.818. The van der Waals surface area contributed by atoms with Crippen molar-refractivity contribution in [1.29, 1.82) is 0 Å². The number of hydrogen-bond donors (Lipinski definition) is 2. The first-order valence-electron chi connectivity index (χ1n) is 5.74. The molecule has 0 aliphatic carbocycles. The maximum atomic E-state index is 9.78. The van der Waals surface area contributed by atoms with Crippen molar-refractivity contribution in [1.82, 2.24) is 10.1 Å². The molecule has 6 heteroatoms. The summed E-state index contributed by atoms with van der Waals surface area (Å²) in [5, 5.41) is 13.6. The molecule has 1 rings (SSSR count). The molecule has 3 N–H and O–H groups in total. The van der Waals surface area contributed by atoms with E-state index in [2.05, 4.69) is 24.0 Å². The largest absolute Gasteiger partial charge is 0.388 e. The van der Waals surface area contributed by atoms with Crippen molar-refractivity contribution < 1.29 is 9.63 Å². The quantitative estimate of drug-likeness (QED) is 0.765. The molecular weight excluding hydrogens is 238 g/mol. The molecule has 1 heterocycles. The summed E-state index contributed by atoms with van der Waals surface area (Å²) in [6, 6.07) is 0. The van der Waals surface area contributed by atoms with Crippen LogP contribution in [-0.2, 0) is 12.2 Å². The Labute approximate surface area is 106 Å². The summed E-state index contributed by atoms with van der Waals surface area (Å²) in [6.07, 6.45) is 0.297. The minimum absolute atomic E-state index is 0.173. The Morgan fingerprint density at radius 1 is 1.53 bits per heavy atom. The van der Waals surface area contributed by atoms with Gasteiger partial charge < -0.3 is 15.4 Å². The average Bonchev–Trinajstić information content (AvgIpc) is 2.64. The molecule has 0 bridgehead atoms. The van der Waals surface area contributed by atoms with Gasteiger partial charge in [0.1, 0.15) is 0 Å². The van der Waals surface area contributed by atoms with Gasteiger partial charge in [-0.15, -0.1) is 0 Å². The molecule has 1 unspecified atom stereocenters. The van der Waals surface area contributed by atoms with Crippen LogP contribution in [0.15, 0.2) is 4.52 Å². The van der Waals surface area contributed by atoms with Gasteiger partial charge in [-0.2, -0.15) is 16.7 Å². The minimum atomic E-state index is -0.977. The summed E-state index contributed by atoms with van der Waals surface area (Å²) in [7, 11) is 0. The minimum Gasteiger partial charge on any atom is -0.388 e. The molecule has 5 nitrogen and oxygen atoms in total. The second-order valence-corrected chi connectivity index (χ2v) is 5.92. The molecular formula is C11H21N3O2S. The summed E-state index contributed by atoms with van der Waals surface area (Å²) >= 11 is 1.78. The van der Waals surface area contributed by atoms with Crippen LogP contribution < -0.4 is 5.73 Å². The van der Waals surface area contributed by atoms with Crippen molar-refractivity contribution in [3.05, 3.63) is 11.7 Å². The molecule has 98 valence electrons. The lowest BCUT2D eigenvalue weighted by molar-refractivity contribution is 0.0610. The maximum Gasteiger partial charge on any atom is 0.229 e. The number of hydrogen-bond acceptors (Lipinski definition) is 6. The molecule has 0 aliphatic heterocycles. The molecule has 0 fully saturated rings. The summed E-state index contributed by atoms with van der Waals surface area (Å²) in [4.78, 5) is 4.23. The number of thioether (sulfide) groups is 1. The molecule has 1 atom stereocenters. The van der Waals surface area contributed by atoms with Crippen molar-refractivity contribution in [2.75, 3.05) is 12.3 Å². The van der Waals surface area contributed by atoms with E-state index < -0.39 is 5.60 Å². The highest BCUT2D eigenvalue weighted by molar-refractivity contribution is 7.98. The van der Waals surface area contributed by atoms with Gasteiger partial charge in [0.05, 0.1) is 17.8 Å². The lowest BCUT2D eigenvalue weighted by Gasteiger charge is -2.17. The van der Waals surface area contributed by atoms with E-state index in [1.807, 2.05) is 0 Å². The Morgan fingerprint density at radius 2 is 2.24 bits per heavy atom. The first-order chi connectivity index (χ1) is 7.93. The Balaban J connectivity index is 2.43. The van der Waals surface area contributed by atoms with Gasteiger partial charge in [-0.3, -0.25) is 0 Å². The van der Waals surface area contributed by atoms with Gasteiger partial charge >= 0.3 is 0 Å². The third-order valence-corrected chi connectivity index (χ3v) is 3.53.